The summed E-state index contributed by atoms with van der Waals surface area (Å²) in [5, 5.41) is 4.81. The third-order valence-electron chi connectivity index (χ3n) is 1.78. The highest BCUT2D eigenvalue weighted by atomic mass is 79.9. The quantitative estimate of drug-likeness (QED) is 0.924. The van der Waals surface area contributed by atoms with Crippen molar-refractivity contribution in [3.8, 4) is 0 Å². The Hall–Kier alpha value is -1.27. The van der Waals surface area contributed by atoms with Crippen LogP contribution in [-0.2, 0) is 0 Å². The first-order valence-corrected chi connectivity index (χ1v) is 5.99. The molecule has 1 N–H and O–H groups in total. The number of hydrogen-bond donors (Lipinski definition) is 1. The average Bonchev–Trinajstić information content (AvgIpc) is 2.68. The van der Waals surface area contributed by atoms with Gasteiger partial charge < -0.3 is 0 Å². The first kappa shape index (κ1) is 11.2. The Balaban J connectivity index is 2.21. The molecule has 1 heterocycles. The van der Waals surface area contributed by atoms with Gasteiger partial charge in [-0.15, -0.1) is 11.3 Å². The van der Waals surface area contributed by atoms with Gasteiger partial charge in [-0.2, -0.15) is 0 Å². The van der Waals surface area contributed by atoms with Crippen LogP contribution in [0.1, 0.15) is 10.4 Å². The van der Waals surface area contributed by atoms with Crippen molar-refractivity contribution in [3.05, 3.63) is 45.6 Å². The van der Waals surface area contributed by atoms with E-state index in [0.29, 0.717) is 9.60 Å². The average molecular weight is 301 g/mol. The molecule has 1 aromatic heterocycles. The topological polar surface area (TPSA) is 42.0 Å². The van der Waals surface area contributed by atoms with Crippen LogP contribution in [0.15, 0.2) is 34.2 Å². The molecule has 0 fully saturated rings. The van der Waals surface area contributed by atoms with Crippen molar-refractivity contribution in [2.75, 3.05) is 5.32 Å². The van der Waals surface area contributed by atoms with Gasteiger partial charge in [0.2, 0.25) is 0 Å². The summed E-state index contributed by atoms with van der Waals surface area (Å²) in [5.41, 5.74) is 0.252. The van der Waals surface area contributed by atoms with Gasteiger partial charge >= 0.3 is 0 Å². The van der Waals surface area contributed by atoms with Crippen LogP contribution in [0.3, 0.4) is 0 Å². The maximum Gasteiger partial charge on any atom is 0.257 e. The Labute approximate surface area is 103 Å². The summed E-state index contributed by atoms with van der Waals surface area (Å²) >= 11 is 4.43. The van der Waals surface area contributed by atoms with E-state index in [1.165, 1.54) is 23.5 Å². The molecule has 0 saturated heterocycles. The minimum Gasteiger partial charge on any atom is -0.298 e. The molecule has 0 radical (unpaired) electrons. The van der Waals surface area contributed by atoms with Gasteiger partial charge in [0.05, 0.1) is 0 Å². The fraction of sp³-hybridized carbons (Fsp3) is 0. The molecular formula is C10H6BrFN2OS. The van der Waals surface area contributed by atoms with E-state index in [1.807, 2.05) is 0 Å². The first-order valence-electron chi connectivity index (χ1n) is 4.32. The lowest BCUT2D eigenvalue weighted by Crippen LogP contribution is -2.11. The largest absolute Gasteiger partial charge is 0.298 e. The van der Waals surface area contributed by atoms with Gasteiger partial charge in [-0.3, -0.25) is 10.1 Å². The zero-order valence-corrected chi connectivity index (χ0v) is 10.3. The number of anilines is 1. The van der Waals surface area contributed by atoms with Crippen molar-refractivity contribution in [1.82, 2.24) is 4.98 Å². The van der Waals surface area contributed by atoms with E-state index in [9.17, 15) is 9.18 Å². The van der Waals surface area contributed by atoms with Crippen molar-refractivity contribution < 1.29 is 9.18 Å². The fourth-order valence-corrected chi connectivity index (χ4v) is 2.13. The number of hydrogen-bond acceptors (Lipinski definition) is 3. The number of nitrogens with one attached hydrogen (secondary N) is 1. The number of carbonyl (C=O) groups excluding carboxylic acids is 1. The van der Waals surface area contributed by atoms with Crippen molar-refractivity contribution in [1.29, 1.82) is 0 Å². The van der Waals surface area contributed by atoms with Crippen molar-refractivity contribution in [2.45, 2.75) is 0 Å². The fourth-order valence-electron chi connectivity index (χ4n) is 1.14. The normalized spacial score (nSPS) is 10.1. The molecule has 0 spiro atoms. The smallest absolute Gasteiger partial charge is 0.257 e. The molecule has 0 aliphatic rings. The molecule has 0 atom stereocenters. The van der Waals surface area contributed by atoms with Crippen molar-refractivity contribution in [3.63, 3.8) is 0 Å². The highest BCUT2D eigenvalue weighted by Crippen LogP contribution is 2.17. The molecule has 0 bridgehead atoms. The van der Waals surface area contributed by atoms with Gasteiger partial charge in [-0.25, -0.2) is 9.37 Å². The number of benzene rings is 1. The van der Waals surface area contributed by atoms with E-state index in [2.05, 4.69) is 26.2 Å². The molecule has 2 aromatic rings. The maximum absolute atomic E-state index is 13.0. The van der Waals surface area contributed by atoms with E-state index in [-0.39, 0.29) is 11.5 Å². The van der Waals surface area contributed by atoms with Gasteiger partial charge in [0.1, 0.15) is 5.82 Å². The molecule has 16 heavy (non-hydrogen) atoms. The van der Waals surface area contributed by atoms with E-state index in [1.54, 1.807) is 17.6 Å². The molecular weight excluding hydrogens is 295 g/mol. The molecule has 3 nitrogen and oxygen atoms in total. The van der Waals surface area contributed by atoms with E-state index < -0.39 is 5.82 Å². The highest BCUT2D eigenvalue weighted by Gasteiger charge is 2.09. The van der Waals surface area contributed by atoms with Gasteiger partial charge in [0.15, 0.2) is 5.13 Å². The van der Waals surface area contributed by atoms with Gasteiger partial charge in [-0.1, -0.05) is 15.9 Å². The summed E-state index contributed by atoms with van der Waals surface area (Å²) in [6.45, 7) is 0. The van der Waals surface area contributed by atoms with Gasteiger partial charge in [0.25, 0.3) is 5.91 Å². The molecule has 1 amide bonds. The SMILES string of the molecule is O=C(Nc1nccs1)c1cc(F)cc(Br)c1. The lowest BCUT2D eigenvalue weighted by molar-refractivity contribution is 0.102. The monoisotopic (exact) mass is 300 g/mol. The first-order chi connectivity index (χ1) is 7.65. The van der Waals surface area contributed by atoms with Crippen LogP contribution >= 0.6 is 27.3 Å². The molecule has 82 valence electrons. The Morgan fingerprint density at radius 2 is 2.25 bits per heavy atom. The molecule has 1 aromatic carbocycles. The zero-order valence-electron chi connectivity index (χ0n) is 7.91. The Bertz CT molecular complexity index is 495. The van der Waals surface area contributed by atoms with Gasteiger partial charge in [0, 0.05) is 21.6 Å². The summed E-state index contributed by atoms with van der Waals surface area (Å²) in [7, 11) is 0. The number of carbonyl (C=O) groups is 1. The summed E-state index contributed by atoms with van der Waals surface area (Å²) in [6.07, 6.45) is 1.59. The lowest BCUT2D eigenvalue weighted by Gasteiger charge is -2.02. The second kappa shape index (κ2) is 4.71. The summed E-state index contributed by atoms with van der Waals surface area (Å²) < 4.78 is 13.6. The van der Waals surface area contributed by atoms with Crippen LogP contribution in [0.25, 0.3) is 0 Å². The third-order valence-corrected chi connectivity index (χ3v) is 2.92. The van der Waals surface area contributed by atoms with Crippen LogP contribution in [0.4, 0.5) is 9.52 Å². The Kier molecular flexibility index (Phi) is 3.31. The van der Waals surface area contributed by atoms with Crippen LogP contribution in [0.2, 0.25) is 0 Å². The number of thiazole rings is 1. The van der Waals surface area contributed by atoms with Crippen LogP contribution < -0.4 is 5.32 Å². The molecule has 2 rings (SSSR count). The van der Waals surface area contributed by atoms with Crippen LogP contribution in [-0.4, -0.2) is 10.9 Å². The summed E-state index contributed by atoms with van der Waals surface area (Å²) in [5.74, 6) is -0.839. The van der Waals surface area contributed by atoms with E-state index >= 15 is 0 Å². The number of rotatable bonds is 2. The number of aromatic nitrogens is 1. The Morgan fingerprint density at radius 1 is 1.44 bits per heavy atom. The second-order valence-corrected chi connectivity index (χ2v) is 4.76. The Morgan fingerprint density at radius 3 is 2.88 bits per heavy atom. The molecule has 0 saturated carbocycles. The van der Waals surface area contributed by atoms with Crippen LogP contribution in [0, 0.1) is 5.82 Å². The molecule has 0 aliphatic heterocycles. The zero-order chi connectivity index (χ0) is 11.5. The van der Waals surface area contributed by atoms with Crippen LogP contribution in [0.5, 0.6) is 0 Å². The second-order valence-electron chi connectivity index (χ2n) is 2.95. The van der Waals surface area contributed by atoms with Gasteiger partial charge in [-0.05, 0) is 18.2 Å². The molecule has 6 heteroatoms. The highest BCUT2D eigenvalue weighted by molar-refractivity contribution is 9.10. The lowest BCUT2D eigenvalue weighted by atomic mass is 10.2. The number of amides is 1. The minimum absolute atomic E-state index is 0.252. The summed E-state index contributed by atoms with van der Waals surface area (Å²) in [6, 6.07) is 4.01. The molecule has 0 aliphatic carbocycles. The standard InChI is InChI=1S/C10H6BrFN2OS/c11-7-3-6(4-8(12)5-7)9(15)14-10-13-1-2-16-10/h1-5H,(H,13,14,15). The summed E-state index contributed by atoms with van der Waals surface area (Å²) in [4.78, 5) is 15.6. The molecule has 0 unspecified atom stereocenters. The predicted molar refractivity (Wildman–Crippen MR) is 64.2 cm³/mol. The third kappa shape index (κ3) is 2.65. The predicted octanol–water partition coefficient (Wildman–Crippen LogP) is 3.30. The van der Waals surface area contributed by atoms with E-state index in [4.69, 9.17) is 0 Å². The van der Waals surface area contributed by atoms with Crippen molar-refractivity contribution >= 4 is 38.3 Å². The van der Waals surface area contributed by atoms with Crippen molar-refractivity contribution in [2.24, 2.45) is 0 Å². The maximum atomic E-state index is 13.0. The minimum atomic E-state index is -0.460. The van der Waals surface area contributed by atoms with E-state index in [0.717, 1.165) is 0 Å². The number of nitrogens with zero attached hydrogens (tertiary/aromatic N) is 1. The number of halogens is 2.